The van der Waals surface area contributed by atoms with Gasteiger partial charge in [0, 0.05) is 35.8 Å². The van der Waals surface area contributed by atoms with Crippen molar-refractivity contribution < 1.29 is 13.2 Å². The van der Waals surface area contributed by atoms with Gasteiger partial charge < -0.3 is 5.32 Å². The summed E-state index contributed by atoms with van der Waals surface area (Å²) in [6.45, 7) is 5.29. The van der Waals surface area contributed by atoms with Crippen molar-refractivity contribution in [1.29, 1.82) is 0 Å². The summed E-state index contributed by atoms with van der Waals surface area (Å²) in [5.41, 5.74) is 3.01. The molecule has 2 aromatic carbocycles. The number of amides is 1. The molecule has 1 aliphatic rings. The third kappa shape index (κ3) is 5.16. The minimum atomic E-state index is -3.48. The Hall–Kier alpha value is -1.83. The number of hydrogen-bond acceptors (Lipinski definition) is 4. The van der Waals surface area contributed by atoms with Gasteiger partial charge in [-0.15, -0.1) is 11.8 Å². The number of carbonyl (C=O) groups is 1. The highest BCUT2D eigenvalue weighted by Crippen LogP contribution is 2.24. The summed E-state index contributed by atoms with van der Waals surface area (Å²) >= 11 is 1.64. The topological polar surface area (TPSA) is 66.5 Å². The van der Waals surface area contributed by atoms with Crippen LogP contribution in [0.4, 0.5) is 5.69 Å². The zero-order valence-electron chi connectivity index (χ0n) is 16.3. The molecule has 0 bridgehead atoms. The van der Waals surface area contributed by atoms with Crippen LogP contribution in [0.2, 0.25) is 0 Å². The Morgan fingerprint density at radius 3 is 2.54 bits per heavy atom. The third-order valence-electron chi connectivity index (χ3n) is 4.90. The molecule has 2 aromatic rings. The number of benzene rings is 2. The van der Waals surface area contributed by atoms with Gasteiger partial charge in [0.15, 0.2) is 0 Å². The molecule has 1 saturated heterocycles. The molecule has 3 rings (SSSR count). The van der Waals surface area contributed by atoms with Crippen LogP contribution in [0, 0.1) is 13.8 Å². The number of hydrogen-bond donors (Lipinski definition) is 1. The Morgan fingerprint density at radius 1 is 1.07 bits per heavy atom. The fraction of sp³-hybridized carbons (Fsp3) is 0.381. The van der Waals surface area contributed by atoms with E-state index in [1.165, 1.54) is 15.4 Å². The predicted octanol–water partition coefficient (Wildman–Crippen LogP) is 4.21. The van der Waals surface area contributed by atoms with E-state index in [0.717, 1.165) is 17.7 Å². The molecule has 5 nitrogen and oxygen atoms in total. The Balaban J connectivity index is 1.56. The molecule has 28 heavy (non-hydrogen) atoms. The van der Waals surface area contributed by atoms with E-state index in [2.05, 4.69) is 37.4 Å². The van der Waals surface area contributed by atoms with Gasteiger partial charge >= 0.3 is 0 Å². The highest BCUT2D eigenvalue weighted by atomic mass is 32.2. The zero-order valence-corrected chi connectivity index (χ0v) is 17.9. The lowest BCUT2D eigenvalue weighted by Crippen LogP contribution is -2.27. The number of aryl methyl sites for hydroxylation is 2. The van der Waals surface area contributed by atoms with Gasteiger partial charge in [0.1, 0.15) is 0 Å². The van der Waals surface area contributed by atoms with Crippen molar-refractivity contribution in [1.82, 2.24) is 4.31 Å². The quantitative estimate of drug-likeness (QED) is 0.684. The lowest BCUT2D eigenvalue weighted by Gasteiger charge is -2.16. The molecule has 1 N–H and O–H groups in total. The van der Waals surface area contributed by atoms with Gasteiger partial charge in [0.2, 0.25) is 15.9 Å². The van der Waals surface area contributed by atoms with Gasteiger partial charge in [-0.25, -0.2) is 8.42 Å². The smallest absolute Gasteiger partial charge is 0.243 e. The van der Waals surface area contributed by atoms with Crippen LogP contribution in [0.1, 0.15) is 30.4 Å². The zero-order chi connectivity index (χ0) is 20.1. The van der Waals surface area contributed by atoms with E-state index in [0.29, 0.717) is 31.0 Å². The summed E-state index contributed by atoms with van der Waals surface area (Å²) in [6.07, 6.45) is 2.16. The fourth-order valence-electron chi connectivity index (χ4n) is 3.10. The number of nitrogens with zero attached hydrogens (tertiary/aromatic N) is 1. The number of thioether (sulfide) groups is 1. The van der Waals surface area contributed by atoms with Crippen LogP contribution < -0.4 is 5.32 Å². The van der Waals surface area contributed by atoms with Crippen LogP contribution in [-0.2, 0) is 14.8 Å². The molecule has 7 heteroatoms. The van der Waals surface area contributed by atoms with Gasteiger partial charge in [-0.1, -0.05) is 12.1 Å². The minimum Gasteiger partial charge on any atom is -0.326 e. The second kappa shape index (κ2) is 9.11. The summed E-state index contributed by atoms with van der Waals surface area (Å²) in [5.74, 6) is 0.548. The molecule has 0 unspecified atom stereocenters. The summed E-state index contributed by atoms with van der Waals surface area (Å²) < 4.78 is 26.8. The Bertz CT molecular complexity index is 952. The third-order valence-corrected chi connectivity index (χ3v) is 7.79. The van der Waals surface area contributed by atoms with Crippen molar-refractivity contribution in [3.05, 3.63) is 53.6 Å². The van der Waals surface area contributed by atoms with Crippen LogP contribution in [0.15, 0.2) is 52.3 Å². The van der Waals surface area contributed by atoms with Crippen LogP contribution >= 0.6 is 11.8 Å². The molecule has 0 aliphatic carbocycles. The summed E-state index contributed by atoms with van der Waals surface area (Å²) in [5, 5.41) is 2.82. The molecule has 150 valence electrons. The van der Waals surface area contributed by atoms with Crippen molar-refractivity contribution in [2.45, 2.75) is 42.9 Å². The molecule has 1 aliphatic heterocycles. The van der Waals surface area contributed by atoms with Crippen molar-refractivity contribution in [3.8, 4) is 0 Å². The van der Waals surface area contributed by atoms with Crippen LogP contribution in [0.5, 0.6) is 0 Å². The average molecular weight is 419 g/mol. The van der Waals surface area contributed by atoms with E-state index in [-0.39, 0.29) is 10.8 Å². The lowest BCUT2D eigenvalue weighted by atomic mass is 10.1. The second-order valence-electron chi connectivity index (χ2n) is 7.03. The largest absolute Gasteiger partial charge is 0.326 e. The summed E-state index contributed by atoms with van der Waals surface area (Å²) in [7, 11) is -3.48. The molecule has 0 atom stereocenters. The molecular formula is C21H26N2O3S2. The highest BCUT2D eigenvalue weighted by Gasteiger charge is 2.27. The molecule has 0 radical (unpaired) electrons. The molecule has 0 aromatic heterocycles. The standard InChI is InChI=1S/C21H26N2O3S2/c1-16-8-9-19(14-17(16)2)27-13-10-21(24)22-18-6-5-7-20(15-18)28(25,26)23-11-3-4-12-23/h5-9,14-15H,3-4,10-13H2,1-2H3,(H,22,24). The van der Waals surface area contributed by atoms with Gasteiger partial charge in [-0.05, 0) is 68.1 Å². The maximum Gasteiger partial charge on any atom is 0.243 e. The Kier molecular flexibility index (Phi) is 6.80. The van der Waals surface area contributed by atoms with E-state index in [1.54, 1.807) is 36.0 Å². The first-order valence-electron chi connectivity index (χ1n) is 9.46. The number of carbonyl (C=O) groups excluding carboxylic acids is 1. The van der Waals surface area contributed by atoms with E-state index in [9.17, 15) is 13.2 Å². The van der Waals surface area contributed by atoms with Gasteiger partial charge in [0.25, 0.3) is 0 Å². The van der Waals surface area contributed by atoms with Gasteiger partial charge in [-0.3, -0.25) is 4.79 Å². The van der Waals surface area contributed by atoms with Crippen molar-refractivity contribution in [2.24, 2.45) is 0 Å². The molecular weight excluding hydrogens is 392 g/mol. The molecule has 0 spiro atoms. The average Bonchev–Trinajstić information content (AvgIpc) is 3.20. The van der Waals surface area contributed by atoms with Gasteiger partial charge in [-0.2, -0.15) is 4.31 Å². The Labute approximate surface area is 171 Å². The van der Waals surface area contributed by atoms with Crippen molar-refractivity contribution >= 4 is 33.4 Å². The SMILES string of the molecule is Cc1ccc(SCCC(=O)Nc2cccc(S(=O)(=O)N3CCCC3)c2)cc1C. The van der Waals surface area contributed by atoms with E-state index < -0.39 is 10.0 Å². The molecule has 0 saturated carbocycles. The lowest BCUT2D eigenvalue weighted by molar-refractivity contribution is -0.115. The molecule has 1 amide bonds. The highest BCUT2D eigenvalue weighted by molar-refractivity contribution is 7.99. The minimum absolute atomic E-state index is 0.118. The number of rotatable bonds is 7. The molecule has 1 heterocycles. The number of nitrogens with one attached hydrogen (secondary N) is 1. The Morgan fingerprint density at radius 2 is 1.82 bits per heavy atom. The van der Waals surface area contributed by atoms with Crippen molar-refractivity contribution in [2.75, 3.05) is 24.2 Å². The fourth-order valence-corrected chi connectivity index (χ4v) is 5.61. The van der Waals surface area contributed by atoms with E-state index in [4.69, 9.17) is 0 Å². The first-order valence-corrected chi connectivity index (χ1v) is 11.9. The maximum absolute atomic E-state index is 12.7. The second-order valence-corrected chi connectivity index (χ2v) is 10.1. The number of anilines is 1. The van der Waals surface area contributed by atoms with Gasteiger partial charge in [0.05, 0.1) is 4.90 Å². The van der Waals surface area contributed by atoms with Crippen molar-refractivity contribution in [3.63, 3.8) is 0 Å². The van der Waals surface area contributed by atoms with E-state index >= 15 is 0 Å². The predicted molar refractivity (Wildman–Crippen MR) is 114 cm³/mol. The summed E-state index contributed by atoms with van der Waals surface area (Å²) in [6, 6.07) is 12.8. The molecule has 1 fully saturated rings. The first-order chi connectivity index (χ1) is 13.4. The normalized spacial score (nSPS) is 14.9. The van der Waals surface area contributed by atoms with Crippen LogP contribution in [-0.4, -0.2) is 37.5 Å². The van der Waals surface area contributed by atoms with Crippen LogP contribution in [0.25, 0.3) is 0 Å². The maximum atomic E-state index is 12.7. The first kappa shape index (κ1) is 20.9. The summed E-state index contributed by atoms with van der Waals surface area (Å²) in [4.78, 5) is 13.6. The van der Waals surface area contributed by atoms with Crippen LogP contribution in [0.3, 0.4) is 0 Å². The number of sulfonamides is 1. The monoisotopic (exact) mass is 418 g/mol. The van der Waals surface area contributed by atoms with E-state index in [1.807, 2.05) is 0 Å².